The van der Waals surface area contributed by atoms with Crippen molar-refractivity contribution in [2.24, 2.45) is 0 Å². The monoisotopic (exact) mass is 407 g/mol. The van der Waals surface area contributed by atoms with Crippen LogP contribution in [0.4, 0.5) is 16.2 Å². The molecule has 2 aromatic rings. The van der Waals surface area contributed by atoms with Gasteiger partial charge in [-0.2, -0.15) is 0 Å². The maximum absolute atomic E-state index is 12.7. The third-order valence-electron chi connectivity index (χ3n) is 4.30. The molecule has 0 aromatic heterocycles. The Labute approximate surface area is 165 Å². The zero-order valence-electron chi connectivity index (χ0n) is 14.1. The Hall–Kier alpha value is -2.64. The SMILES string of the molecule is O=C(CN1CCN(c2ccc3c(c2)OCO3)C1=O)Nc1ccc(Cl)c(Cl)c1. The van der Waals surface area contributed by atoms with Crippen LogP contribution in [0.1, 0.15) is 0 Å². The van der Waals surface area contributed by atoms with Gasteiger partial charge in [-0.3, -0.25) is 9.69 Å². The number of urea groups is 1. The number of carbonyl (C=O) groups is 2. The van der Waals surface area contributed by atoms with Crippen LogP contribution in [-0.2, 0) is 4.79 Å². The minimum absolute atomic E-state index is 0.0554. The maximum atomic E-state index is 12.7. The standard InChI is InChI=1S/C18H15Cl2N3O4/c19-13-3-1-11(7-14(13)20)21-17(24)9-22-5-6-23(18(22)25)12-2-4-15-16(8-12)27-10-26-15/h1-4,7-8H,5-6,9-10H2,(H,21,24). The summed E-state index contributed by atoms with van der Waals surface area (Å²) in [7, 11) is 0. The Balaban J connectivity index is 1.40. The van der Waals surface area contributed by atoms with Crippen molar-refractivity contribution in [1.29, 1.82) is 0 Å². The molecule has 0 atom stereocenters. The number of hydrogen-bond acceptors (Lipinski definition) is 4. The molecule has 0 bridgehead atoms. The number of rotatable bonds is 4. The fourth-order valence-corrected chi connectivity index (χ4v) is 3.27. The first-order chi connectivity index (χ1) is 13.0. The second-order valence-corrected chi connectivity index (χ2v) is 6.88. The summed E-state index contributed by atoms with van der Waals surface area (Å²) < 4.78 is 10.6. The Morgan fingerprint density at radius 2 is 1.85 bits per heavy atom. The van der Waals surface area contributed by atoms with E-state index in [0.717, 1.165) is 0 Å². The molecule has 0 aliphatic carbocycles. The molecule has 0 radical (unpaired) electrons. The number of hydrogen-bond donors (Lipinski definition) is 1. The van der Waals surface area contributed by atoms with Gasteiger partial charge in [0.05, 0.1) is 10.0 Å². The number of amides is 3. The zero-order chi connectivity index (χ0) is 19.0. The molecule has 2 aliphatic heterocycles. The van der Waals surface area contributed by atoms with Crippen molar-refractivity contribution in [3.63, 3.8) is 0 Å². The fourth-order valence-electron chi connectivity index (χ4n) is 2.97. The summed E-state index contributed by atoms with van der Waals surface area (Å²) in [6.45, 7) is 1.05. The van der Waals surface area contributed by atoms with Gasteiger partial charge in [0.2, 0.25) is 12.7 Å². The molecule has 1 fully saturated rings. The summed E-state index contributed by atoms with van der Waals surface area (Å²) in [6.07, 6.45) is 0. The molecule has 2 aromatic carbocycles. The van der Waals surface area contributed by atoms with Gasteiger partial charge in [-0.1, -0.05) is 23.2 Å². The summed E-state index contributed by atoms with van der Waals surface area (Å²) in [5.74, 6) is 0.952. The molecule has 0 unspecified atom stereocenters. The smallest absolute Gasteiger partial charge is 0.325 e. The van der Waals surface area contributed by atoms with Crippen LogP contribution in [0.25, 0.3) is 0 Å². The highest BCUT2D eigenvalue weighted by Crippen LogP contribution is 2.36. The number of fused-ring (bicyclic) bond motifs is 1. The molecule has 27 heavy (non-hydrogen) atoms. The first-order valence-electron chi connectivity index (χ1n) is 8.22. The van der Waals surface area contributed by atoms with Crippen molar-refractivity contribution in [1.82, 2.24) is 4.90 Å². The number of carbonyl (C=O) groups excluding carboxylic acids is 2. The third-order valence-corrected chi connectivity index (χ3v) is 5.04. The summed E-state index contributed by atoms with van der Waals surface area (Å²) >= 11 is 11.8. The molecule has 1 saturated heterocycles. The van der Waals surface area contributed by atoms with Crippen molar-refractivity contribution in [2.45, 2.75) is 0 Å². The van der Waals surface area contributed by atoms with Crippen LogP contribution >= 0.6 is 23.2 Å². The van der Waals surface area contributed by atoms with E-state index in [1.165, 1.54) is 4.90 Å². The summed E-state index contributed by atoms with van der Waals surface area (Å²) in [5, 5.41) is 3.47. The molecule has 140 valence electrons. The van der Waals surface area contributed by atoms with E-state index < -0.39 is 0 Å². The van der Waals surface area contributed by atoms with E-state index in [1.54, 1.807) is 41.3 Å². The highest BCUT2D eigenvalue weighted by molar-refractivity contribution is 6.42. The van der Waals surface area contributed by atoms with Crippen molar-refractivity contribution in [2.75, 3.05) is 36.6 Å². The first kappa shape index (κ1) is 17.8. The summed E-state index contributed by atoms with van der Waals surface area (Å²) in [5.41, 5.74) is 1.23. The van der Waals surface area contributed by atoms with Gasteiger partial charge >= 0.3 is 6.03 Å². The Kier molecular flexibility index (Phi) is 4.72. The van der Waals surface area contributed by atoms with E-state index in [0.29, 0.717) is 46.0 Å². The zero-order valence-corrected chi connectivity index (χ0v) is 15.6. The number of nitrogens with zero attached hydrogens (tertiary/aromatic N) is 2. The average Bonchev–Trinajstić information content (AvgIpc) is 3.24. The van der Waals surface area contributed by atoms with Gasteiger partial charge in [-0.05, 0) is 30.3 Å². The predicted octanol–water partition coefficient (Wildman–Crippen LogP) is 3.60. The van der Waals surface area contributed by atoms with E-state index in [9.17, 15) is 9.59 Å². The highest BCUT2D eigenvalue weighted by Gasteiger charge is 2.31. The minimum atomic E-state index is -0.311. The van der Waals surface area contributed by atoms with Crippen molar-refractivity contribution < 1.29 is 19.1 Å². The lowest BCUT2D eigenvalue weighted by atomic mass is 10.2. The molecular formula is C18H15Cl2N3O4. The van der Waals surface area contributed by atoms with Crippen molar-refractivity contribution in [3.05, 3.63) is 46.4 Å². The summed E-state index contributed by atoms with van der Waals surface area (Å²) in [6, 6.07) is 9.90. The third kappa shape index (κ3) is 3.61. The van der Waals surface area contributed by atoms with E-state index in [2.05, 4.69) is 5.32 Å². The Morgan fingerprint density at radius 1 is 1.04 bits per heavy atom. The van der Waals surface area contributed by atoms with Gasteiger partial charge in [-0.25, -0.2) is 4.79 Å². The average molecular weight is 408 g/mol. The van der Waals surface area contributed by atoms with Gasteiger partial charge in [0.1, 0.15) is 6.54 Å². The van der Waals surface area contributed by atoms with Crippen molar-refractivity contribution >= 4 is 46.5 Å². The lowest BCUT2D eigenvalue weighted by Crippen LogP contribution is -2.37. The molecule has 1 N–H and O–H groups in total. The van der Waals surface area contributed by atoms with Crippen LogP contribution in [0.5, 0.6) is 11.5 Å². The number of ether oxygens (including phenoxy) is 2. The Bertz CT molecular complexity index is 921. The molecule has 2 heterocycles. The van der Waals surface area contributed by atoms with E-state index in [1.807, 2.05) is 0 Å². The lowest BCUT2D eigenvalue weighted by molar-refractivity contribution is -0.116. The second kappa shape index (κ2) is 7.17. The Morgan fingerprint density at radius 3 is 2.67 bits per heavy atom. The van der Waals surface area contributed by atoms with Crippen LogP contribution in [0.15, 0.2) is 36.4 Å². The molecule has 2 aliphatic rings. The van der Waals surface area contributed by atoms with Crippen LogP contribution in [0.2, 0.25) is 10.0 Å². The van der Waals surface area contributed by atoms with Gasteiger partial charge < -0.3 is 19.7 Å². The first-order valence-corrected chi connectivity index (χ1v) is 8.98. The van der Waals surface area contributed by atoms with E-state index in [4.69, 9.17) is 32.7 Å². The molecule has 3 amide bonds. The molecule has 0 spiro atoms. The molecule has 9 heteroatoms. The number of halogens is 2. The normalized spacial score (nSPS) is 15.4. The maximum Gasteiger partial charge on any atom is 0.325 e. The lowest BCUT2D eigenvalue weighted by Gasteiger charge is -2.18. The predicted molar refractivity (Wildman–Crippen MR) is 102 cm³/mol. The van der Waals surface area contributed by atoms with Crippen LogP contribution < -0.4 is 19.7 Å². The number of anilines is 2. The van der Waals surface area contributed by atoms with E-state index >= 15 is 0 Å². The topological polar surface area (TPSA) is 71.1 Å². The highest BCUT2D eigenvalue weighted by atomic mass is 35.5. The largest absolute Gasteiger partial charge is 0.454 e. The van der Waals surface area contributed by atoms with Crippen LogP contribution in [0.3, 0.4) is 0 Å². The van der Waals surface area contributed by atoms with Gasteiger partial charge in [0.15, 0.2) is 11.5 Å². The van der Waals surface area contributed by atoms with Crippen LogP contribution in [-0.4, -0.2) is 43.3 Å². The molecule has 4 rings (SSSR count). The minimum Gasteiger partial charge on any atom is -0.454 e. The van der Waals surface area contributed by atoms with Gasteiger partial charge in [0.25, 0.3) is 0 Å². The summed E-state index contributed by atoms with van der Waals surface area (Å²) in [4.78, 5) is 28.0. The van der Waals surface area contributed by atoms with Gasteiger partial charge in [-0.15, -0.1) is 0 Å². The molecular weight excluding hydrogens is 393 g/mol. The van der Waals surface area contributed by atoms with E-state index in [-0.39, 0.29) is 25.3 Å². The quantitative estimate of drug-likeness (QED) is 0.840. The molecule has 7 nitrogen and oxygen atoms in total. The number of benzene rings is 2. The fraction of sp³-hybridized carbons (Fsp3) is 0.222. The van der Waals surface area contributed by atoms with Crippen molar-refractivity contribution in [3.8, 4) is 11.5 Å². The number of nitrogens with one attached hydrogen (secondary N) is 1. The van der Waals surface area contributed by atoms with Gasteiger partial charge in [0, 0.05) is 30.5 Å². The van der Waals surface area contributed by atoms with Crippen LogP contribution in [0, 0.1) is 0 Å². The second-order valence-electron chi connectivity index (χ2n) is 6.07. The molecule has 0 saturated carbocycles.